The van der Waals surface area contributed by atoms with E-state index in [1.807, 2.05) is 36.4 Å². The summed E-state index contributed by atoms with van der Waals surface area (Å²) in [5.74, 6) is 1.06. The molecule has 0 aliphatic heterocycles. The summed E-state index contributed by atoms with van der Waals surface area (Å²) < 4.78 is 1.10. The van der Waals surface area contributed by atoms with Gasteiger partial charge in [0, 0.05) is 15.6 Å². The summed E-state index contributed by atoms with van der Waals surface area (Å²) in [5, 5.41) is 0.157. The van der Waals surface area contributed by atoms with E-state index < -0.39 is 0 Å². The van der Waals surface area contributed by atoms with Gasteiger partial charge in [0.2, 0.25) is 21.1 Å². The molecule has 0 N–H and O–H groups in total. The summed E-state index contributed by atoms with van der Waals surface area (Å²) >= 11 is 26.0. The van der Waals surface area contributed by atoms with Crippen molar-refractivity contribution < 1.29 is 18.9 Å². The molecule has 0 saturated carbocycles. The molecule has 0 saturated heterocycles. The minimum Gasteiger partial charge on any atom is -0.343 e. The average molecular weight is 1390 g/mol. The van der Waals surface area contributed by atoms with E-state index in [9.17, 15) is 0 Å². The number of nitrogens with zero attached hydrogens (tertiary/aromatic N) is 6. The third-order valence-electron chi connectivity index (χ3n) is 15.1. The topological polar surface area (TPSA) is 77.3 Å². The van der Waals surface area contributed by atoms with Crippen LogP contribution in [0.2, 0.25) is 21.1 Å². The normalized spacial score (nSPS) is 10.3. The summed E-state index contributed by atoms with van der Waals surface area (Å²) in [7, 11) is 0. The van der Waals surface area contributed by atoms with Crippen LogP contribution in [-0.2, 0) is 0 Å². The monoisotopic (exact) mass is 1390 g/mol. The van der Waals surface area contributed by atoms with Gasteiger partial charge in [0.15, 0.2) is 11.6 Å². The Kier molecular flexibility index (Phi) is 27.4. The maximum atomic E-state index is 6.49. The van der Waals surface area contributed by atoms with Gasteiger partial charge in [-0.2, -0.15) is 31.3 Å². The molecule has 0 atom stereocenters. The molecule has 0 aliphatic rings. The third-order valence-corrected chi connectivity index (χ3v) is 16.3. The van der Waals surface area contributed by atoms with Gasteiger partial charge >= 0.3 is 18.9 Å². The zero-order chi connectivity index (χ0) is 64.3. The van der Waals surface area contributed by atoms with Crippen LogP contribution in [0.5, 0.6) is 0 Å². The molecule has 2 heterocycles. The average Bonchev–Trinajstić information content (AvgIpc) is 0.864. The van der Waals surface area contributed by atoms with Crippen LogP contribution in [0.25, 0.3) is 123 Å². The zero-order valence-corrected chi connectivity index (χ0v) is 56.2. The van der Waals surface area contributed by atoms with E-state index in [0.717, 1.165) is 44.3 Å². The fourth-order valence-electron chi connectivity index (χ4n) is 10.3. The molecular formula is C84H68BrCl4LiN6. The van der Waals surface area contributed by atoms with Crippen LogP contribution in [0.4, 0.5) is 0 Å². The Balaban J connectivity index is 0.000000237. The number of halogens is 5. The van der Waals surface area contributed by atoms with Gasteiger partial charge in [0.05, 0.1) is 0 Å². The van der Waals surface area contributed by atoms with Crippen molar-refractivity contribution in [1.29, 1.82) is 0 Å². The first-order valence-corrected chi connectivity index (χ1v) is 32.5. The number of benzene rings is 12. The van der Waals surface area contributed by atoms with E-state index >= 15 is 0 Å². The summed E-state index contributed by atoms with van der Waals surface area (Å²) in [6.07, 6.45) is 2.28. The van der Waals surface area contributed by atoms with E-state index in [1.165, 1.54) is 84.3 Å². The molecule has 6 nitrogen and oxygen atoms in total. The predicted octanol–water partition coefficient (Wildman–Crippen LogP) is 23.0. The number of hydrogen-bond acceptors (Lipinski definition) is 6. The number of rotatable bonds is 12. The first-order valence-electron chi connectivity index (χ1n) is 30.2. The van der Waals surface area contributed by atoms with Crippen molar-refractivity contribution >= 4 is 62.3 Å². The molecular weight excluding hydrogens is 1320 g/mol. The van der Waals surface area contributed by atoms with Gasteiger partial charge < -0.3 is 6.92 Å². The Morgan fingerprint density at radius 2 is 0.427 bits per heavy atom. The summed E-state index contributed by atoms with van der Waals surface area (Å²) in [5.41, 5.74) is 23.1. The van der Waals surface area contributed by atoms with Crippen LogP contribution >= 0.6 is 62.3 Å². The number of aromatic nitrogens is 6. The molecule has 0 amide bonds. The number of unbranched alkanes of at least 4 members (excludes halogenated alkanes) is 1. The van der Waals surface area contributed by atoms with E-state index in [0.29, 0.717) is 11.6 Å². The van der Waals surface area contributed by atoms with Crippen LogP contribution in [0.3, 0.4) is 0 Å². The number of hydrogen-bond donors (Lipinski definition) is 0. The molecule has 0 unspecified atom stereocenters. The van der Waals surface area contributed by atoms with Gasteiger partial charge in [-0.25, -0.2) is 4.98 Å². The van der Waals surface area contributed by atoms with Gasteiger partial charge in [-0.1, -0.05) is 305 Å². The molecule has 14 aromatic rings. The standard InChI is InChI=1S/C51H34ClN3.C24H17Br.C4H9.C3Cl3N3.2CH4.Li/c52-51-54-49(39-27-23-37(24-28-39)43-17-9-21-47(33-43)45-19-7-15-41(31-45)35-11-3-1-4-12-35)53-50(55-51)40-29-25-38(26-30-40)44-18-10-22-48(34-44)46-20-8-16-42(32-46)36-13-5-2-6-14-36;25-24-14-12-19(13-15-24)21-9-5-11-23(17-21)22-10-4-8-20(16-22)18-6-2-1-3-7-18;1-3-4-2;4-1-7-2(5)9-3(6)8-1;;;/h1-34H;1-17H;1,3-4H2,2H3;;2*1H4;/q;;-1;;;;+1. The molecule has 0 aliphatic carbocycles. The van der Waals surface area contributed by atoms with Crippen molar-refractivity contribution in [1.82, 2.24) is 29.9 Å². The molecule has 470 valence electrons. The van der Waals surface area contributed by atoms with E-state index in [1.54, 1.807) is 0 Å². The Bertz CT molecular complexity index is 4520. The van der Waals surface area contributed by atoms with E-state index in [2.05, 4.69) is 328 Å². The van der Waals surface area contributed by atoms with Crippen LogP contribution in [-0.4, -0.2) is 29.9 Å². The van der Waals surface area contributed by atoms with Gasteiger partial charge in [0.25, 0.3) is 0 Å². The second kappa shape index (κ2) is 36.1. The quantitative estimate of drug-likeness (QED) is 0.0896. The second-order valence-electron chi connectivity index (χ2n) is 21.5. The molecule has 2 aromatic heterocycles. The molecule has 0 radical (unpaired) electrons. The Hall–Kier alpha value is -9.10. The Morgan fingerprint density at radius 1 is 0.250 bits per heavy atom. The first kappa shape index (κ1) is 72.7. The zero-order valence-electron chi connectivity index (χ0n) is 51.6. The molecule has 14 rings (SSSR count). The maximum Gasteiger partial charge on any atom is 1.00 e. The minimum absolute atomic E-state index is 0. The van der Waals surface area contributed by atoms with Crippen molar-refractivity contribution in [2.45, 2.75) is 34.6 Å². The van der Waals surface area contributed by atoms with Crippen LogP contribution < -0.4 is 18.9 Å². The molecule has 12 heteroatoms. The molecule has 96 heavy (non-hydrogen) atoms. The molecule has 12 aromatic carbocycles. The van der Waals surface area contributed by atoms with Crippen LogP contribution in [0.15, 0.2) is 314 Å². The van der Waals surface area contributed by atoms with Crippen molar-refractivity contribution in [2.75, 3.05) is 0 Å². The largest absolute Gasteiger partial charge is 1.00 e. The smallest absolute Gasteiger partial charge is 0.343 e. The fourth-order valence-corrected chi connectivity index (χ4v) is 11.4. The first-order chi connectivity index (χ1) is 45.5. The summed E-state index contributed by atoms with van der Waals surface area (Å²) in [6, 6.07) is 109. The van der Waals surface area contributed by atoms with Crippen molar-refractivity contribution in [3.05, 3.63) is 342 Å². The van der Waals surface area contributed by atoms with Gasteiger partial charge in [-0.05, 0) is 195 Å². The summed E-state index contributed by atoms with van der Waals surface area (Å²) in [4.78, 5) is 24.2. The van der Waals surface area contributed by atoms with Gasteiger partial charge in [-0.3, -0.25) is 0 Å². The molecule has 0 spiro atoms. The molecule has 0 fully saturated rings. The molecule has 0 bridgehead atoms. The van der Waals surface area contributed by atoms with Crippen LogP contribution in [0, 0.1) is 6.92 Å². The maximum absolute atomic E-state index is 6.49. The second-order valence-corrected chi connectivity index (χ2v) is 23.8. The SMILES string of the molecule is Brc1ccc(-c2cccc(-c3cccc(-c4ccccc4)c3)c2)cc1.C.C.Clc1nc(-c2ccc(-c3cccc(-c4cccc(-c5ccccc5)c4)c3)cc2)nc(-c2ccc(-c3cccc(-c4cccc(-c5ccccc5)c4)c3)cc2)n1.Clc1nc(Cl)nc(Cl)n1.[CH2-]CCC.[Li+]. The van der Waals surface area contributed by atoms with Crippen molar-refractivity contribution in [3.63, 3.8) is 0 Å². The predicted molar refractivity (Wildman–Crippen MR) is 407 cm³/mol. The van der Waals surface area contributed by atoms with Crippen molar-refractivity contribution in [2.24, 2.45) is 0 Å². The Labute approximate surface area is 605 Å². The van der Waals surface area contributed by atoms with E-state index in [-0.39, 0.29) is 54.8 Å². The Morgan fingerprint density at radius 3 is 0.656 bits per heavy atom. The third kappa shape index (κ3) is 19.8. The van der Waals surface area contributed by atoms with Gasteiger partial charge in [0.1, 0.15) is 0 Å². The van der Waals surface area contributed by atoms with Crippen LogP contribution in [0.1, 0.15) is 34.6 Å². The fraction of sp³-hybridized carbons (Fsp3) is 0.0595. The minimum atomic E-state index is 0. The van der Waals surface area contributed by atoms with E-state index in [4.69, 9.17) is 51.4 Å². The summed E-state index contributed by atoms with van der Waals surface area (Å²) in [6.45, 7) is 5.72. The van der Waals surface area contributed by atoms with Gasteiger partial charge in [-0.15, -0.1) is 0 Å². The van der Waals surface area contributed by atoms with Crippen molar-refractivity contribution in [3.8, 4) is 123 Å².